The first-order chi connectivity index (χ1) is 11.0. The Balaban J connectivity index is 1.86. The van der Waals surface area contributed by atoms with Crippen LogP contribution in [0.2, 0.25) is 0 Å². The highest BCUT2D eigenvalue weighted by Gasteiger charge is 2.16. The van der Waals surface area contributed by atoms with Crippen LogP contribution in [0, 0.1) is 13.8 Å². The summed E-state index contributed by atoms with van der Waals surface area (Å²) >= 11 is 1.33. The number of anilines is 1. The Kier molecular flexibility index (Phi) is 4.14. The van der Waals surface area contributed by atoms with Gasteiger partial charge in [-0.3, -0.25) is 9.71 Å². The third kappa shape index (κ3) is 3.40. The zero-order valence-electron chi connectivity index (χ0n) is 12.6. The summed E-state index contributed by atoms with van der Waals surface area (Å²) in [6.07, 6.45) is 3.41. The first kappa shape index (κ1) is 15.6. The van der Waals surface area contributed by atoms with Gasteiger partial charge in [0.25, 0.3) is 10.0 Å². The maximum absolute atomic E-state index is 12.4. The highest BCUT2D eigenvalue weighted by molar-refractivity contribution is 7.93. The van der Waals surface area contributed by atoms with Gasteiger partial charge in [0, 0.05) is 17.3 Å². The molecule has 0 bridgehead atoms. The van der Waals surface area contributed by atoms with Crippen molar-refractivity contribution in [1.29, 1.82) is 0 Å². The number of aryl methyl sites for hydroxylation is 2. The zero-order chi connectivity index (χ0) is 16.4. The summed E-state index contributed by atoms with van der Waals surface area (Å²) in [6.45, 7) is 3.77. The number of pyridine rings is 1. The Bertz CT molecular complexity index is 898. The van der Waals surface area contributed by atoms with Gasteiger partial charge >= 0.3 is 0 Å². The number of nitrogens with zero attached hydrogens (tertiary/aromatic N) is 2. The van der Waals surface area contributed by atoms with Crippen LogP contribution in [0.25, 0.3) is 11.1 Å². The maximum Gasteiger partial charge on any atom is 0.263 e. The highest BCUT2D eigenvalue weighted by atomic mass is 32.2. The molecule has 0 amide bonds. The third-order valence-electron chi connectivity index (χ3n) is 3.43. The number of benzene rings is 1. The van der Waals surface area contributed by atoms with E-state index in [0.717, 1.165) is 21.7 Å². The van der Waals surface area contributed by atoms with E-state index in [9.17, 15) is 8.42 Å². The summed E-state index contributed by atoms with van der Waals surface area (Å²) in [5, 5.41) is 0.387. The van der Waals surface area contributed by atoms with Crippen molar-refractivity contribution in [3.05, 3.63) is 59.4 Å². The molecule has 0 radical (unpaired) electrons. The van der Waals surface area contributed by atoms with Crippen molar-refractivity contribution >= 4 is 26.5 Å². The van der Waals surface area contributed by atoms with Crippen LogP contribution in [0.4, 0.5) is 5.13 Å². The predicted molar refractivity (Wildman–Crippen MR) is 92.1 cm³/mol. The van der Waals surface area contributed by atoms with E-state index >= 15 is 0 Å². The molecule has 1 aromatic carbocycles. The molecular formula is C16H15N3O2S2. The quantitative estimate of drug-likeness (QED) is 0.784. The lowest BCUT2D eigenvalue weighted by Gasteiger charge is -2.06. The van der Waals surface area contributed by atoms with Gasteiger partial charge < -0.3 is 0 Å². The summed E-state index contributed by atoms with van der Waals surface area (Å²) in [4.78, 5) is 9.38. The third-order valence-corrected chi connectivity index (χ3v) is 5.90. The van der Waals surface area contributed by atoms with E-state index < -0.39 is 10.0 Å². The Hall–Kier alpha value is -2.25. The minimum atomic E-state index is -3.63. The van der Waals surface area contributed by atoms with Crippen LogP contribution >= 0.6 is 11.3 Å². The fourth-order valence-electron chi connectivity index (χ4n) is 2.06. The Labute approximate surface area is 139 Å². The molecule has 5 nitrogen and oxygen atoms in total. The number of sulfonamides is 1. The lowest BCUT2D eigenvalue weighted by Crippen LogP contribution is -2.12. The topological polar surface area (TPSA) is 72.0 Å². The minimum absolute atomic E-state index is 0.209. The molecule has 2 heterocycles. The van der Waals surface area contributed by atoms with Gasteiger partial charge in [-0.25, -0.2) is 13.4 Å². The SMILES string of the molecule is Cc1nc(NS(=O)(=O)c2ccc(-c3ccncc3)cc2)sc1C. The molecule has 0 saturated carbocycles. The Morgan fingerprint density at radius 1 is 0.957 bits per heavy atom. The van der Waals surface area contributed by atoms with Gasteiger partial charge in [0.05, 0.1) is 10.6 Å². The Morgan fingerprint density at radius 3 is 2.13 bits per heavy atom. The van der Waals surface area contributed by atoms with Crippen molar-refractivity contribution in [3.63, 3.8) is 0 Å². The molecule has 1 N–H and O–H groups in total. The van der Waals surface area contributed by atoms with Crippen molar-refractivity contribution in [3.8, 4) is 11.1 Å². The van der Waals surface area contributed by atoms with Crippen molar-refractivity contribution in [2.24, 2.45) is 0 Å². The van der Waals surface area contributed by atoms with Gasteiger partial charge in [0.1, 0.15) is 0 Å². The fraction of sp³-hybridized carbons (Fsp3) is 0.125. The number of rotatable bonds is 4. The van der Waals surface area contributed by atoms with Crippen LogP contribution in [0.1, 0.15) is 10.6 Å². The van der Waals surface area contributed by atoms with Crippen molar-refractivity contribution in [2.75, 3.05) is 4.72 Å². The van der Waals surface area contributed by atoms with Crippen LogP contribution in [0.3, 0.4) is 0 Å². The van der Waals surface area contributed by atoms with Gasteiger partial charge in [-0.15, -0.1) is 11.3 Å². The fourth-order valence-corrected chi connectivity index (χ4v) is 4.11. The molecule has 0 aliphatic heterocycles. The van der Waals surface area contributed by atoms with Crippen LogP contribution < -0.4 is 4.72 Å². The monoisotopic (exact) mass is 345 g/mol. The predicted octanol–water partition coefficient (Wildman–Crippen LogP) is 3.62. The van der Waals surface area contributed by atoms with E-state index in [1.807, 2.05) is 26.0 Å². The van der Waals surface area contributed by atoms with E-state index in [0.29, 0.717) is 5.13 Å². The molecular weight excluding hydrogens is 330 g/mol. The summed E-state index contributed by atoms with van der Waals surface area (Å²) in [7, 11) is -3.63. The molecule has 23 heavy (non-hydrogen) atoms. The van der Waals surface area contributed by atoms with E-state index in [4.69, 9.17) is 0 Å². The largest absolute Gasteiger partial charge is 0.265 e. The number of nitrogens with one attached hydrogen (secondary N) is 1. The molecule has 118 valence electrons. The van der Waals surface area contributed by atoms with E-state index in [2.05, 4.69) is 14.7 Å². The van der Waals surface area contributed by atoms with Crippen molar-refractivity contribution < 1.29 is 8.42 Å². The van der Waals surface area contributed by atoms with E-state index in [1.54, 1.807) is 36.7 Å². The molecule has 0 spiro atoms. The van der Waals surface area contributed by atoms with Crippen LogP contribution in [-0.4, -0.2) is 18.4 Å². The first-order valence-electron chi connectivity index (χ1n) is 6.93. The molecule has 0 fully saturated rings. The second-order valence-electron chi connectivity index (χ2n) is 5.03. The van der Waals surface area contributed by atoms with Crippen LogP contribution in [0.15, 0.2) is 53.7 Å². The molecule has 0 aliphatic rings. The molecule has 0 unspecified atom stereocenters. The van der Waals surface area contributed by atoms with Crippen LogP contribution in [-0.2, 0) is 10.0 Å². The molecule has 0 aliphatic carbocycles. The minimum Gasteiger partial charge on any atom is -0.265 e. The molecule has 0 atom stereocenters. The molecule has 3 aromatic rings. The zero-order valence-corrected chi connectivity index (χ0v) is 14.3. The van der Waals surface area contributed by atoms with E-state index in [1.165, 1.54) is 11.3 Å². The Morgan fingerprint density at radius 2 is 1.57 bits per heavy atom. The average Bonchev–Trinajstić information content (AvgIpc) is 2.85. The van der Waals surface area contributed by atoms with Gasteiger partial charge in [-0.1, -0.05) is 12.1 Å². The van der Waals surface area contributed by atoms with Crippen molar-refractivity contribution in [2.45, 2.75) is 18.7 Å². The van der Waals surface area contributed by atoms with E-state index in [-0.39, 0.29) is 4.90 Å². The van der Waals surface area contributed by atoms with Gasteiger partial charge in [0.2, 0.25) is 0 Å². The first-order valence-corrected chi connectivity index (χ1v) is 9.23. The maximum atomic E-state index is 12.4. The number of hydrogen-bond acceptors (Lipinski definition) is 5. The molecule has 7 heteroatoms. The van der Waals surface area contributed by atoms with Gasteiger partial charge in [0.15, 0.2) is 5.13 Å². The highest BCUT2D eigenvalue weighted by Crippen LogP contribution is 2.25. The number of thiazole rings is 1. The molecule has 0 saturated heterocycles. The molecule has 3 rings (SSSR count). The lowest BCUT2D eigenvalue weighted by molar-refractivity contribution is 0.601. The standard InChI is InChI=1S/C16H15N3O2S2/c1-11-12(2)22-16(18-11)19-23(20,21)15-5-3-13(4-6-15)14-7-9-17-10-8-14/h3-10H,1-2H3,(H,18,19). The average molecular weight is 345 g/mol. The second-order valence-corrected chi connectivity index (χ2v) is 7.91. The second kappa shape index (κ2) is 6.10. The summed E-state index contributed by atoms with van der Waals surface area (Å²) in [5.41, 5.74) is 2.76. The van der Waals surface area contributed by atoms with Gasteiger partial charge in [-0.05, 0) is 49.2 Å². The summed E-state index contributed by atoms with van der Waals surface area (Å²) in [6, 6.07) is 10.5. The molecule has 2 aromatic heterocycles. The number of hydrogen-bond donors (Lipinski definition) is 1. The summed E-state index contributed by atoms with van der Waals surface area (Å²) < 4.78 is 27.4. The van der Waals surface area contributed by atoms with Crippen LogP contribution in [0.5, 0.6) is 0 Å². The lowest BCUT2D eigenvalue weighted by atomic mass is 10.1. The smallest absolute Gasteiger partial charge is 0.263 e. The van der Waals surface area contributed by atoms with Crippen molar-refractivity contribution in [1.82, 2.24) is 9.97 Å². The normalized spacial score (nSPS) is 11.4. The van der Waals surface area contributed by atoms with Gasteiger partial charge in [-0.2, -0.15) is 0 Å². The summed E-state index contributed by atoms with van der Waals surface area (Å²) in [5.74, 6) is 0. The number of aromatic nitrogens is 2.